The minimum Gasteiger partial charge on any atom is -0.441 e. The lowest BCUT2D eigenvalue weighted by molar-refractivity contribution is -0.678. The quantitative estimate of drug-likeness (QED) is 0.706. The first kappa shape index (κ1) is 11.5. The smallest absolute Gasteiger partial charge is 0.372 e. The van der Waals surface area contributed by atoms with Crippen LogP contribution in [0.3, 0.4) is 0 Å². The summed E-state index contributed by atoms with van der Waals surface area (Å²) < 4.78 is 7.68. The lowest BCUT2D eigenvalue weighted by atomic mass is 10.1. The third-order valence-corrected chi connectivity index (χ3v) is 2.52. The molecule has 0 aliphatic heterocycles. The predicted molar refractivity (Wildman–Crippen MR) is 57.5 cm³/mol. The fourth-order valence-corrected chi connectivity index (χ4v) is 1.33. The van der Waals surface area contributed by atoms with Crippen LogP contribution in [0.15, 0.2) is 12.3 Å². The highest BCUT2D eigenvalue weighted by atomic mass is 16.5. The van der Waals surface area contributed by atoms with Gasteiger partial charge in [-0.15, -0.1) is 0 Å². The highest BCUT2D eigenvalue weighted by Crippen LogP contribution is 2.17. The van der Waals surface area contributed by atoms with Gasteiger partial charge < -0.3 is 4.74 Å². The van der Waals surface area contributed by atoms with E-state index in [-0.39, 0.29) is 6.10 Å². The van der Waals surface area contributed by atoms with E-state index in [9.17, 15) is 0 Å². The summed E-state index contributed by atoms with van der Waals surface area (Å²) >= 11 is 0. The van der Waals surface area contributed by atoms with Crippen LogP contribution in [0.4, 0.5) is 0 Å². The van der Waals surface area contributed by atoms with E-state index in [1.165, 1.54) is 0 Å². The van der Waals surface area contributed by atoms with Gasteiger partial charge in [0.15, 0.2) is 6.20 Å². The summed E-state index contributed by atoms with van der Waals surface area (Å²) in [5.41, 5.74) is 1.58. The van der Waals surface area contributed by atoms with Crippen molar-refractivity contribution < 1.29 is 9.30 Å². The highest BCUT2D eigenvalue weighted by Gasteiger charge is 2.17. The molecule has 15 heavy (non-hydrogen) atoms. The van der Waals surface area contributed by atoms with Gasteiger partial charge in [-0.25, -0.2) is 0 Å². The maximum absolute atomic E-state index is 8.91. The van der Waals surface area contributed by atoms with Gasteiger partial charge in [-0.3, -0.25) is 0 Å². The number of ether oxygens (including phenoxy) is 1. The Hall–Kier alpha value is -1.56. The molecule has 1 rings (SSSR count). The Balaban J connectivity index is 3.11. The molecular weight excluding hydrogens is 188 g/mol. The lowest BCUT2D eigenvalue weighted by Gasteiger charge is -2.11. The van der Waals surface area contributed by atoms with Crippen LogP contribution < -0.4 is 9.30 Å². The zero-order chi connectivity index (χ0) is 11.4. The molecule has 1 atom stereocenters. The number of nitrogens with zero attached hydrogens (tertiary/aromatic N) is 2. The van der Waals surface area contributed by atoms with Crippen molar-refractivity contribution in [2.24, 2.45) is 7.05 Å². The molecule has 3 nitrogen and oxygen atoms in total. The number of rotatable bonds is 3. The SMILES string of the molecule is CCC(C)Oc1c(C)c(C#N)cc[n+]1C. The molecule has 0 fully saturated rings. The van der Waals surface area contributed by atoms with Gasteiger partial charge in [0.05, 0.1) is 11.1 Å². The third-order valence-electron chi connectivity index (χ3n) is 2.52. The van der Waals surface area contributed by atoms with Crippen LogP contribution in [-0.4, -0.2) is 6.10 Å². The van der Waals surface area contributed by atoms with Crippen molar-refractivity contribution in [2.45, 2.75) is 33.3 Å². The van der Waals surface area contributed by atoms with Crippen molar-refractivity contribution in [3.05, 3.63) is 23.4 Å². The molecule has 0 spiro atoms. The molecule has 1 heterocycles. The van der Waals surface area contributed by atoms with Crippen LogP contribution in [0.1, 0.15) is 31.4 Å². The molecule has 0 saturated carbocycles. The van der Waals surface area contributed by atoms with Crippen LogP contribution in [-0.2, 0) is 7.05 Å². The topological polar surface area (TPSA) is 36.9 Å². The number of aromatic nitrogens is 1. The Morgan fingerprint density at radius 3 is 2.80 bits per heavy atom. The standard InChI is InChI=1S/C12H17N2O/c1-5-9(2)15-12-10(3)11(8-13)6-7-14(12)4/h6-7,9H,5H2,1-4H3/q+1. The molecule has 1 aromatic rings. The zero-order valence-corrected chi connectivity index (χ0v) is 9.74. The summed E-state index contributed by atoms with van der Waals surface area (Å²) in [7, 11) is 1.92. The number of pyridine rings is 1. The van der Waals surface area contributed by atoms with Gasteiger partial charge in [0.2, 0.25) is 0 Å². The van der Waals surface area contributed by atoms with Crippen molar-refractivity contribution >= 4 is 0 Å². The second kappa shape index (κ2) is 4.79. The largest absolute Gasteiger partial charge is 0.441 e. The number of aryl methyl sites for hydroxylation is 1. The van der Waals surface area contributed by atoms with Crippen molar-refractivity contribution in [2.75, 3.05) is 0 Å². The zero-order valence-electron chi connectivity index (χ0n) is 9.74. The Labute approximate surface area is 90.9 Å². The van der Waals surface area contributed by atoms with Crippen LogP contribution in [0.25, 0.3) is 0 Å². The molecule has 80 valence electrons. The Morgan fingerprint density at radius 2 is 2.27 bits per heavy atom. The van der Waals surface area contributed by atoms with E-state index in [2.05, 4.69) is 13.0 Å². The molecule has 3 heteroatoms. The van der Waals surface area contributed by atoms with Crippen molar-refractivity contribution in [1.29, 1.82) is 5.26 Å². The van der Waals surface area contributed by atoms with Crippen LogP contribution in [0.5, 0.6) is 5.88 Å². The average molecular weight is 205 g/mol. The van der Waals surface area contributed by atoms with E-state index in [0.29, 0.717) is 5.56 Å². The van der Waals surface area contributed by atoms with E-state index >= 15 is 0 Å². The maximum atomic E-state index is 8.91. The molecular formula is C12H17N2O+. The normalized spacial score (nSPS) is 11.9. The summed E-state index contributed by atoms with van der Waals surface area (Å²) in [4.78, 5) is 0. The predicted octanol–water partition coefficient (Wildman–Crippen LogP) is 1.87. The molecule has 0 bridgehead atoms. The maximum Gasteiger partial charge on any atom is 0.372 e. The molecule has 0 aromatic carbocycles. The summed E-state index contributed by atoms with van der Waals surface area (Å²) in [5.74, 6) is 0.781. The molecule has 0 saturated heterocycles. The van der Waals surface area contributed by atoms with E-state index in [1.54, 1.807) is 6.07 Å². The van der Waals surface area contributed by atoms with E-state index in [0.717, 1.165) is 17.9 Å². The summed E-state index contributed by atoms with van der Waals surface area (Å²) in [5, 5.41) is 8.91. The summed E-state index contributed by atoms with van der Waals surface area (Å²) in [6, 6.07) is 3.97. The van der Waals surface area contributed by atoms with Gasteiger partial charge in [0.25, 0.3) is 0 Å². The average Bonchev–Trinajstić information content (AvgIpc) is 2.24. The first-order valence-corrected chi connectivity index (χ1v) is 5.16. The van der Waals surface area contributed by atoms with Gasteiger partial charge in [-0.1, -0.05) is 6.92 Å². The molecule has 1 aromatic heterocycles. The molecule has 0 aliphatic rings. The number of hydrogen-bond donors (Lipinski definition) is 0. The highest BCUT2D eigenvalue weighted by molar-refractivity contribution is 5.38. The van der Waals surface area contributed by atoms with Crippen molar-refractivity contribution in [3.8, 4) is 11.9 Å². The van der Waals surface area contributed by atoms with Gasteiger partial charge in [0, 0.05) is 6.07 Å². The fraction of sp³-hybridized carbons (Fsp3) is 0.500. The molecule has 0 amide bonds. The third kappa shape index (κ3) is 2.47. The molecule has 0 aliphatic carbocycles. The Morgan fingerprint density at radius 1 is 1.60 bits per heavy atom. The van der Waals surface area contributed by atoms with Gasteiger partial charge >= 0.3 is 5.88 Å². The Bertz CT molecular complexity index is 393. The van der Waals surface area contributed by atoms with Gasteiger partial charge in [-0.05, 0) is 20.3 Å². The monoisotopic (exact) mass is 205 g/mol. The van der Waals surface area contributed by atoms with E-state index in [4.69, 9.17) is 10.00 Å². The first-order valence-electron chi connectivity index (χ1n) is 5.16. The lowest BCUT2D eigenvalue weighted by Crippen LogP contribution is -2.33. The van der Waals surface area contributed by atoms with Crippen LogP contribution >= 0.6 is 0 Å². The second-order valence-electron chi connectivity index (χ2n) is 3.72. The van der Waals surface area contributed by atoms with Crippen LogP contribution in [0, 0.1) is 18.3 Å². The Kier molecular flexibility index (Phi) is 3.68. The van der Waals surface area contributed by atoms with Gasteiger partial charge in [-0.2, -0.15) is 9.83 Å². The molecule has 0 radical (unpaired) electrons. The van der Waals surface area contributed by atoms with E-state index in [1.807, 2.05) is 31.7 Å². The van der Waals surface area contributed by atoms with Crippen molar-refractivity contribution in [3.63, 3.8) is 0 Å². The fourth-order valence-electron chi connectivity index (χ4n) is 1.33. The van der Waals surface area contributed by atoms with Gasteiger partial charge in [0.1, 0.15) is 19.2 Å². The molecule has 1 unspecified atom stereocenters. The minimum atomic E-state index is 0.170. The second-order valence-corrected chi connectivity index (χ2v) is 3.72. The summed E-state index contributed by atoms with van der Waals surface area (Å²) in [6.07, 6.45) is 2.98. The van der Waals surface area contributed by atoms with Crippen molar-refractivity contribution in [1.82, 2.24) is 0 Å². The molecule has 0 N–H and O–H groups in total. The van der Waals surface area contributed by atoms with Crippen LogP contribution in [0.2, 0.25) is 0 Å². The number of hydrogen-bond acceptors (Lipinski definition) is 2. The van der Waals surface area contributed by atoms with E-state index < -0.39 is 0 Å². The summed E-state index contributed by atoms with van der Waals surface area (Å²) in [6.45, 7) is 6.02. The first-order chi connectivity index (χ1) is 7.10. The minimum absolute atomic E-state index is 0.170. The number of nitriles is 1.